The van der Waals surface area contributed by atoms with Crippen LogP contribution in [-0.2, 0) is 23.1 Å². The van der Waals surface area contributed by atoms with Crippen molar-refractivity contribution in [3.8, 4) is 17.0 Å². The average molecular weight is 475 g/mol. The molecule has 1 aliphatic carbocycles. The number of hydrogen-bond acceptors (Lipinski definition) is 5. The van der Waals surface area contributed by atoms with E-state index in [0.29, 0.717) is 0 Å². The zero-order valence-corrected chi connectivity index (χ0v) is 20.2. The van der Waals surface area contributed by atoms with E-state index >= 15 is 0 Å². The van der Waals surface area contributed by atoms with Crippen LogP contribution in [0.25, 0.3) is 11.3 Å². The zero-order chi connectivity index (χ0) is 25.1. The number of nitrogens with two attached hydrogens (primary N) is 1. The lowest BCUT2D eigenvalue weighted by atomic mass is 9.87. The smallest absolute Gasteiger partial charge is 0.414 e. The van der Waals surface area contributed by atoms with Crippen molar-refractivity contribution in [2.24, 2.45) is 18.7 Å². The Morgan fingerprint density at radius 2 is 1.79 bits per heavy atom. The normalized spacial score (nSPS) is 15.6. The first-order valence-electron chi connectivity index (χ1n) is 11.9. The van der Waals surface area contributed by atoms with E-state index in [1.165, 1.54) is 55.5 Å². The van der Waals surface area contributed by atoms with E-state index in [4.69, 9.17) is 30.3 Å². The summed E-state index contributed by atoms with van der Waals surface area (Å²) in [5.74, 6) is -1.85. The van der Waals surface area contributed by atoms with Crippen LogP contribution in [0.15, 0.2) is 36.4 Å². The number of benzene rings is 1. The number of aliphatic hydroxyl groups excluding tert-OH is 1. The highest BCUT2D eigenvalue weighted by molar-refractivity contribution is 6.27. The number of aliphatic carboxylic acids is 2. The number of carboxylic acid groups (broad SMARTS) is 2. The second kappa shape index (κ2) is 13.2. The standard InChI is InChI=1S/C24H36N2O2.C2H2O4/c1-24(25,18-27)15-13-21-11-12-23(26(21)2)20-9-6-10-22(17-20)28-16-14-19-7-4-3-5-8-19;3-1(4)2(5)6/h6,9-12,17,19,27H,3-5,7-8,13-16,18,25H2,1-2H3;(H,3,4)(H,5,6)/t24-;/m1./s1. The Kier molecular flexibility index (Phi) is 10.6. The molecule has 1 fully saturated rings. The predicted octanol–water partition coefficient (Wildman–Crippen LogP) is 3.84. The Bertz CT molecular complexity index is 919. The van der Waals surface area contributed by atoms with Gasteiger partial charge in [0.25, 0.3) is 0 Å². The number of ether oxygens (including phenoxy) is 1. The van der Waals surface area contributed by atoms with Crippen molar-refractivity contribution < 1.29 is 29.6 Å². The highest BCUT2D eigenvalue weighted by atomic mass is 16.5. The van der Waals surface area contributed by atoms with Crippen molar-refractivity contribution in [3.05, 3.63) is 42.1 Å². The monoisotopic (exact) mass is 474 g/mol. The van der Waals surface area contributed by atoms with Crippen molar-refractivity contribution in [2.45, 2.75) is 63.8 Å². The van der Waals surface area contributed by atoms with Gasteiger partial charge in [-0.2, -0.15) is 0 Å². The number of nitrogens with zero attached hydrogens (tertiary/aromatic N) is 1. The topological polar surface area (TPSA) is 135 Å². The Labute approximate surface area is 201 Å². The highest BCUT2D eigenvalue weighted by Crippen LogP contribution is 2.28. The third-order valence-electron chi connectivity index (χ3n) is 6.37. The maximum absolute atomic E-state index is 9.36. The summed E-state index contributed by atoms with van der Waals surface area (Å²) in [7, 11) is 2.09. The molecule has 188 valence electrons. The lowest BCUT2D eigenvalue weighted by Gasteiger charge is -2.21. The van der Waals surface area contributed by atoms with Crippen molar-refractivity contribution >= 4 is 11.9 Å². The van der Waals surface area contributed by atoms with Gasteiger partial charge in [0.1, 0.15) is 5.75 Å². The second-order valence-electron chi connectivity index (χ2n) is 9.36. The first kappa shape index (κ1) is 27.4. The van der Waals surface area contributed by atoms with Crippen molar-refractivity contribution in [1.82, 2.24) is 4.57 Å². The quantitative estimate of drug-likeness (QED) is 0.406. The number of aliphatic hydroxyl groups is 1. The Morgan fingerprint density at radius 3 is 2.41 bits per heavy atom. The van der Waals surface area contributed by atoms with Crippen molar-refractivity contribution in [2.75, 3.05) is 13.2 Å². The molecule has 1 aliphatic rings. The van der Waals surface area contributed by atoms with Gasteiger partial charge in [-0.1, -0.05) is 44.2 Å². The van der Waals surface area contributed by atoms with Crippen LogP contribution in [0.1, 0.15) is 57.6 Å². The van der Waals surface area contributed by atoms with Crippen LogP contribution >= 0.6 is 0 Å². The van der Waals surface area contributed by atoms with Gasteiger partial charge >= 0.3 is 11.9 Å². The average Bonchev–Trinajstić information content (AvgIpc) is 3.19. The molecule has 3 rings (SSSR count). The van der Waals surface area contributed by atoms with Crippen molar-refractivity contribution in [1.29, 1.82) is 0 Å². The molecule has 0 saturated heterocycles. The Hall–Kier alpha value is -2.84. The number of aryl methyl sites for hydroxylation is 1. The van der Waals surface area contributed by atoms with Crippen LogP contribution < -0.4 is 10.5 Å². The fraction of sp³-hybridized carbons (Fsp3) is 0.538. The first-order chi connectivity index (χ1) is 16.1. The molecule has 1 saturated carbocycles. The minimum atomic E-state index is -1.82. The lowest BCUT2D eigenvalue weighted by molar-refractivity contribution is -0.159. The summed E-state index contributed by atoms with van der Waals surface area (Å²) in [5, 5.41) is 24.1. The van der Waals surface area contributed by atoms with Gasteiger partial charge < -0.3 is 30.4 Å². The van der Waals surface area contributed by atoms with Crippen LogP contribution in [0.5, 0.6) is 5.75 Å². The van der Waals surface area contributed by atoms with Gasteiger partial charge in [0.15, 0.2) is 0 Å². The van der Waals surface area contributed by atoms with E-state index in [9.17, 15) is 5.11 Å². The van der Waals surface area contributed by atoms with Gasteiger partial charge in [0.2, 0.25) is 0 Å². The largest absolute Gasteiger partial charge is 0.494 e. The molecule has 1 aromatic carbocycles. The molecule has 8 nitrogen and oxygen atoms in total. The molecule has 0 aliphatic heterocycles. The van der Waals surface area contributed by atoms with Gasteiger partial charge in [0.05, 0.1) is 13.2 Å². The molecule has 0 spiro atoms. The molecule has 0 unspecified atom stereocenters. The third kappa shape index (κ3) is 8.83. The SMILES string of the molecule is Cn1c(CC[C@@](C)(N)CO)ccc1-c1cccc(OCCC2CCCCC2)c1.O=C(O)C(=O)O. The van der Waals surface area contributed by atoms with Crippen LogP contribution in [0.2, 0.25) is 0 Å². The molecule has 1 atom stereocenters. The number of hydrogen-bond donors (Lipinski definition) is 4. The van der Waals surface area contributed by atoms with E-state index in [1.54, 1.807) is 0 Å². The fourth-order valence-electron chi connectivity index (χ4n) is 4.15. The summed E-state index contributed by atoms with van der Waals surface area (Å²) in [6, 6.07) is 12.7. The summed E-state index contributed by atoms with van der Waals surface area (Å²) >= 11 is 0. The van der Waals surface area contributed by atoms with E-state index in [1.807, 2.05) is 6.92 Å². The van der Waals surface area contributed by atoms with E-state index in [-0.39, 0.29) is 6.61 Å². The maximum Gasteiger partial charge on any atom is 0.414 e. The summed E-state index contributed by atoms with van der Waals surface area (Å²) < 4.78 is 8.29. The first-order valence-corrected chi connectivity index (χ1v) is 11.9. The summed E-state index contributed by atoms with van der Waals surface area (Å²) in [6.07, 6.45) is 9.69. The minimum absolute atomic E-state index is 0.00449. The molecular formula is C26H38N2O6. The van der Waals surface area contributed by atoms with Crippen LogP contribution in [-0.4, -0.2) is 50.6 Å². The second-order valence-corrected chi connectivity index (χ2v) is 9.36. The van der Waals surface area contributed by atoms with Crippen LogP contribution in [0.3, 0.4) is 0 Å². The molecule has 8 heteroatoms. The number of carboxylic acids is 2. The minimum Gasteiger partial charge on any atom is -0.494 e. The summed E-state index contributed by atoms with van der Waals surface area (Å²) in [5.41, 5.74) is 9.12. The summed E-state index contributed by atoms with van der Waals surface area (Å²) in [6.45, 7) is 2.71. The molecule has 2 aromatic rings. The number of aromatic nitrogens is 1. The molecular weight excluding hydrogens is 436 g/mol. The predicted molar refractivity (Wildman–Crippen MR) is 131 cm³/mol. The number of carbonyl (C=O) groups is 2. The van der Waals surface area contributed by atoms with E-state index in [0.717, 1.165) is 31.1 Å². The van der Waals surface area contributed by atoms with E-state index < -0.39 is 17.5 Å². The van der Waals surface area contributed by atoms with Gasteiger partial charge in [0, 0.05) is 29.5 Å². The van der Waals surface area contributed by atoms with Crippen LogP contribution in [0, 0.1) is 5.92 Å². The molecule has 0 amide bonds. The summed E-state index contributed by atoms with van der Waals surface area (Å²) in [4.78, 5) is 18.2. The van der Waals surface area contributed by atoms with Gasteiger partial charge in [-0.3, -0.25) is 0 Å². The Morgan fingerprint density at radius 1 is 1.12 bits per heavy atom. The highest BCUT2D eigenvalue weighted by Gasteiger charge is 2.18. The molecule has 1 aromatic heterocycles. The Balaban J connectivity index is 0.000000604. The number of rotatable bonds is 9. The van der Waals surface area contributed by atoms with Crippen LogP contribution in [0.4, 0.5) is 0 Å². The van der Waals surface area contributed by atoms with Crippen molar-refractivity contribution in [3.63, 3.8) is 0 Å². The molecule has 34 heavy (non-hydrogen) atoms. The van der Waals surface area contributed by atoms with Gasteiger partial charge in [-0.05, 0) is 56.4 Å². The fourth-order valence-corrected chi connectivity index (χ4v) is 4.15. The van der Waals surface area contributed by atoms with Gasteiger partial charge in [-0.25, -0.2) is 9.59 Å². The molecule has 1 heterocycles. The maximum atomic E-state index is 9.36. The molecule has 5 N–H and O–H groups in total. The van der Waals surface area contributed by atoms with Gasteiger partial charge in [-0.15, -0.1) is 0 Å². The van der Waals surface area contributed by atoms with E-state index in [2.05, 4.69) is 48.0 Å². The molecule has 0 radical (unpaired) electrons. The zero-order valence-electron chi connectivity index (χ0n) is 20.2. The lowest BCUT2D eigenvalue weighted by Crippen LogP contribution is -2.40. The molecule has 0 bridgehead atoms. The third-order valence-corrected chi connectivity index (χ3v) is 6.37.